The van der Waals surface area contributed by atoms with Crippen LogP contribution in [0.1, 0.15) is 62.1 Å². The normalized spacial score (nSPS) is 19.5. The van der Waals surface area contributed by atoms with Crippen molar-refractivity contribution >= 4 is 18.0 Å². The number of rotatable bonds is 10. The van der Waals surface area contributed by atoms with Crippen molar-refractivity contribution in [3.8, 4) is 5.75 Å². The highest BCUT2D eigenvalue weighted by atomic mass is 19.4. The van der Waals surface area contributed by atoms with E-state index in [1.54, 1.807) is 25.1 Å². The smallest absolute Gasteiger partial charge is 0.416 e. The number of nitrogens with zero attached hydrogens (tertiary/aromatic N) is 1. The van der Waals surface area contributed by atoms with Gasteiger partial charge >= 0.3 is 12.1 Å². The zero-order valence-corrected chi connectivity index (χ0v) is 22.3. The first-order chi connectivity index (χ1) is 18.7. The number of hydrogen-bond acceptors (Lipinski definition) is 4. The summed E-state index contributed by atoms with van der Waals surface area (Å²) in [5.74, 6) is 1.30. The number of fused-ring (bicyclic) bond motifs is 1. The van der Waals surface area contributed by atoms with Gasteiger partial charge in [0.15, 0.2) is 0 Å². The Hall–Kier alpha value is -3.29. The molecule has 39 heavy (non-hydrogen) atoms. The van der Waals surface area contributed by atoms with E-state index < -0.39 is 17.7 Å². The summed E-state index contributed by atoms with van der Waals surface area (Å²) in [5.41, 5.74) is 1.27. The summed E-state index contributed by atoms with van der Waals surface area (Å²) in [6.07, 6.45) is 3.47. The van der Waals surface area contributed by atoms with Crippen molar-refractivity contribution in [3.05, 3.63) is 70.8 Å². The highest BCUT2D eigenvalue weighted by Crippen LogP contribution is 2.36. The number of amides is 1. The molecule has 0 N–H and O–H groups in total. The monoisotopic (exact) mass is 543 g/mol. The molecule has 0 bridgehead atoms. The standard InChI is InChI=1S/C31H36F3NO4/c1-2-38-30(37)26(19-29(36)35-20-24-7-3-4-8-25(24)21-35)18-23-11-15-28(16-12-23)39-17-5-6-22-9-13-27(14-10-22)31(32,33)34/h9-16,18,24-25H,2-8,17,19-21H2,1H3/b26-18+/t24-,25+. The molecule has 1 aliphatic carbocycles. The second-order valence-corrected chi connectivity index (χ2v) is 10.4. The highest BCUT2D eigenvalue weighted by molar-refractivity contribution is 5.99. The molecule has 4 rings (SSSR count). The number of carbonyl (C=O) groups excluding carboxylic acids is 2. The number of benzene rings is 2. The minimum Gasteiger partial charge on any atom is -0.494 e. The Morgan fingerprint density at radius 2 is 1.62 bits per heavy atom. The molecule has 0 spiro atoms. The van der Waals surface area contributed by atoms with Gasteiger partial charge in [0.05, 0.1) is 25.2 Å². The number of alkyl halides is 3. The van der Waals surface area contributed by atoms with Gasteiger partial charge in [-0.1, -0.05) is 37.1 Å². The van der Waals surface area contributed by atoms with Crippen LogP contribution in [0.4, 0.5) is 13.2 Å². The molecule has 0 aromatic heterocycles. The van der Waals surface area contributed by atoms with Crippen LogP contribution in [0.2, 0.25) is 0 Å². The predicted octanol–water partition coefficient (Wildman–Crippen LogP) is 6.70. The number of esters is 1. The summed E-state index contributed by atoms with van der Waals surface area (Å²) in [5, 5.41) is 0. The average molecular weight is 544 g/mol. The van der Waals surface area contributed by atoms with Gasteiger partial charge in [0, 0.05) is 18.7 Å². The summed E-state index contributed by atoms with van der Waals surface area (Å²) in [6.45, 7) is 3.95. The lowest BCUT2D eigenvalue weighted by Gasteiger charge is -2.22. The molecule has 2 aromatic rings. The van der Waals surface area contributed by atoms with Crippen LogP contribution in [0.5, 0.6) is 5.75 Å². The quantitative estimate of drug-likeness (QED) is 0.190. The lowest BCUT2D eigenvalue weighted by atomic mass is 9.82. The van der Waals surface area contributed by atoms with Crippen molar-refractivity contribution in [2.75, 3.05) is 26.3 Å². The molecule has 0 radical (unpaired) electrons. The molecular formula is C31H36F3NO4. The third-order valence-electron chi connectivity index (χ3n) is 7.59. The van der Waals surface area contributed by atoms with Gasteiger partial charge < -0.3 is 14.4 Å². The maximum atomic E-state index is 13.1. The van der Waals surface area contributed by atoms with E-state index in [0.29, 0.717) is 42.6 Å². The number of halogens is 3. The van der Waals surface area contributed by atoms with Crippen molar-refractivity contribution in [2.45, 2.75) is 58.0 Å². The fourth-order valence-corrected chi connectivity index (χ4v) is 5.48. The Kier molecular flexibility index (Phi) is 9.70. The van der Waals surface area contributed by atoms with Crippen molar-refractivity contribution in [3.63, 3.8) is 0 Å². The largest absolute Gasteiger partial charge is 0.494 e. The molecule has 1 saturated heterocycles. The van der Waals surface area contributed by atoms with E-state index >= 15 is 0 Å². The van der Waals surface area contributed by atoms with Gasteiger partial charge in [0.1, 0.15) is 5.75 Å². The molecule has 2 atom stereocenters. The van der Waals surface area contributed by atoms with Crippen LogP contribution in [0.25, 0.3) is 6.08 Å². The van der Waals surface area contributed by atoms with E-state index in [1.165, 1.54) is 37.8 Å². The number of ether oxygens (including phenoxy) is 2. The number of carbonyl (C=O) groups is 2. The van der Waals surface area contributed by atoms with Crippen LogP contribution in [0, 0.1) is 11.8 Å². The Morgan fingerprint density at radius 3 is 2.21 bits per heavy atom. The molecule has 1 aliphatic heterocycles. The molecule has 5 nitrogen and oxygen atoms in total. The summed E-state index contributed by atoms with van der Waals surface area (Å²) < 4.78 is 49.1. The molecule has 2 fully saturated rings. The second-order valence-electron chi connectivity index (χ2n) is 10.4. The van der Waals surface area contributed by atoms with Crippen LogP contribution >= 0.6 is 0 Å². The lowest BCUT2D eigenvalue weighted by molar-refractivity contribution is -0.140. The third kappa shape index (κ3) is 8.10. The summed E-state index contributed by atoms with van der Waals surface area (Å²) in [4.78, 5) is 27.6. The average Bonchev–Trinajstić information content (AvgIpc) is 3.36. The molecule has 2 aromatic carbocycles. The van der Waals surface area contributed by atoms with Crippen LogP contribution in [0.15, 0.2) is 54.1 Å². The van der Waals surface area contributed by atoms with Gasteiger partial charge in [0.25, 0.3) is 0 Å². The molecule has 1 saturated carbocycles. The van der Waals surface area contributed by atoms with Crippen LogP contribution in [0.3, 0.4) is 0 Å². The Morgan fingerprint density at radius 1 is 0.974 bits per heavy atom. The fourth-order valence-electron chi connectivity index (χ4n) is 5.48. The summed E-state index contributed by atoms with van der Waals surface area (Å²) in [6, 6.07) is 12.4. The van der Waals surface area contributed by atoms with Gasteiger partial charge in [-0.25, -0.2) is 4.79 Å². The molecule has 1 amide bonds. The predicted molar refractivity (Wildman–Crippen MR) is 143 cm³/mol. The number of hydrogen-bond donors (Lipinski definition) is 0. The number of likely N-dealkylation sites (tertiary alicyclic amines) is 1. The minimum absolute atomic E-state index is 0.0144. The van der Waals surface area contributed by atoms with E-state index in [1.807, 2.05) is 17.0 Å². The second kappa shape index (κ2) is 13.2. The first-order valence-corrected chi connectivity index (χ1v) is 13.8. The van der Waals surface area contributed by atoms with Crippen molar-refractivity contribution < 1.29 is 32.2 Å². The topological polar surface area (TPSA) is 55.8 Å². The Bertz CT molecular complexity index is 1130. The van der Waals surface area contributed by atoms with Gasteiger partial charge in [-0.05, 0) is 85.9 Å². The Labute approximate surface area is 228 Å². The molecule has 2 aliphatic rings. The maximum absolute atomic E-state index is 13.1. The van der Waals surface area contributed by atoms with Crippen molar-refractivity contribution in [1.82, 2.24) is 4.90 Å². The van der Waals surface area contributed by atoms with Crippen molar-refractivity contribution in [1.29, 1.82) is 0 Å². The van der Waals surface area contributed by atoms with E-state index in [2.05, 4.69) is 0 Å². The first kappa shape index (κ1) is 28.7. The molecule has 1 heterocycles. The van der Waals surface area contributed by atoms with Crippen LogP contribution in [-0.4, -0.2) is 43.1 Å². The summed E-state index contributed by atoms with van der Waals surface area (Å²) in [7, 11) is 0. The van der Waals surface area contributed by atoms with E-state index in [4.69, 9.17) is 9.47 Å². The van der Waals surface area contributed by atoms with Crippen LogP contribution < -0.4 is 4.74 Å². The molecule has 210 valence electrons. The molecular weight excluding hydrogens is 507 g/mol. The first-order valence-electron chi connectivity index (χ1n) is 13.8. The molecule has 0 unspecified atom stereocenters. The van der Waals surface area contributed by atoms with E-state index in [-0.39, 0.29) is 18.9 Å². The van der Waals surface area contributed by atoms with Gasteiger partial charge in [-0.2, -0.15) is 13.2 Å². The van der Waals surface area contributed by atoms with Crippen LogP contribution in [-0.2, 0) is 26.9 Å². The van der Waals surface area contributed by atoms with Gasteiger partial charge in [-0.15, -0.1) is 0 Å². The zero-order valence-electron chi connectivity index (χ0n) is 22.3. The Balaban J connectivity index is 1.30. The zero-order chi connectivity index (χ0) is 27.8. The SMILES string of the molecule is CCOC(=O)/C(=C/c1ccc(OCCCc2ccc(C(F)(F)F)cc2)cc1)CC(=O)N1C[C@H]2CCCC[C@H]2C1. The lowest BCUT2D eigenvalue weighted by Crippen LogP contribution is -2.30. The third-order valence-corrected chi connectivity index (χ3v) is 7.59. The van der Waals surface area contributed by atoms with Crippen molar-refractivity contribution in [2.24, 2.45) is 11.8 Å². The fraction of sp³-hybridized carbons (Fsp3) is 0.484. The molecule has 8 heteroatoms. The van der Waals surface area contributed by atoms with E-state index in [0.717, 1.165) is 36.3 Å². The highest BCUT2D eigenvalue weighted by Gasteiger charge is 2.36. The maximum Gasteiger partial charge on any atom is 0.416 e. The summed E-state index contributed by atoms with van der Waals surface area (Å²) >= 11 is 0. The van der Waals surface area contributed by atoms with Gasteiger partial charge in [0.2, 0.25) is 5.91 Å². The number of aryl methyl sites for hydroxylation is 1. The minimum atomic E-state index is -4.33. The van der Waals surface area contributed by atoms with E-state index in [9.17, 15) is 22.8 Å². The van der Waals surface area contributed by atoms with Gasteiger partial charge in [-0.3, -0.25) is 4.79 Å².